The van der Waals surface area contributed by atoms with E-state index in [1.165, 1.54) is 35.5 Å². The van der Waals surface area contributed by atoms with E-state index in [0.29, 0.717) is 17.0 Å². The lowest BCUT2D eigenvalue weighted by Crippen LogP contribution is -2.37. The summed E-state index contributed by atoms with van der Waals surface area (Å²) in [5.74, 6) is -1.39. The van der Waals surface area contributed by atoms with E-state index < -0.39 is 17.2 Å². The second-order valence-corrected chi connectivity index (χ2v) is 8.56. The second-order valence-electron chi connectivity index (χ2n) is 8.56. The average molecular weight is 493 g/mol. The lowest BCUT2D eigenvalue weighted by atomic mass is 9.92. The SMILES string of the molecule is Cc1nn(CC(O)(Cn2cncn2)c2ccc(F)cc2F)c2cccc(OCc3ccc(F)cc3)c12. The summed E-state index contributed by atoms with van der Waals surface area (Å²) in [6.45, 7) is 1.73. The van der Waals surface area contributed by atoms with Crippen LogP contribution in [-0.2, 0) is 25.3 Å². The van der Waals surface area contributed by atoms with Crippen LogP contribution in [0, 0.1) is 24.4 Å². The van der Waals surface area contributed by atoms with Gasteiger partial charge in [0.25, 0.3) is 0 Å². The molecule has 2 aromatic heterocycles. The molecule has 1 unspecified atom stereocenters. The van der Waals surface area contributed by atoms with E-state index in [1.54, 1.807) is 35.9 Å². The van der Waals surface area contributed by atoms with Crippen LogP contribution < -0.4 is 4.74 Å². The maximum absolute atomic E-state index is 14.8. The first-order chi connectivity index (χ1) is 17.3. The molecule has 10 heteroatoms. The summed E-state index contributed by atoms with van der Waals surface area (Å²) in [6.07, 6.45) is 2.71. The zero-order chi connectivity index (χ0) is 25.3. The maximum Gasteiger partial charge on any atom is 0.137 e. The fraction of sp³-hybridized carbons (Fsp3) is 0.192. The Kier molecular flexibility index (Phi) is 6.19. The van der Waals surface area contributed by atoms with Gasteiger partial charge in [-0.1, -0.05) is 24.3 Å². The number of nitrogens with zero attached hydrogens (tertiary/aromatic N) is 5. The van der Waals surface area contributed by atoms with E-state index in [9.17, 15) is 18.3 Å². The zero-order valence-corrected chi connectivity index (χ0v) is 19.3. The van der Waals surface area contributed by atoms with Crippen molar-refractivity contribution in [1.82, 2.24) is 24.5 Å². The van der Waals surface area contributed by atoms with Crippen LogP contribution in [0.25, 0.3) is 10.9 Å². The van der Waals surface area contributed by atoms with Crippen LogP contribution in [0.4, 0.5) is 13.2 Å². The molecule has 0 amide bonds. The van der Waals surface area contributed by atoms with Gasteiger partial charge in [-0.2, -0.15) is 10.2 Å². The molecule has 0 saturated carbocycles. The third-order valence-corrected chi connectivity index (χ3v) is 5.96. The van der Waals surface area contributed by atoms with E-state index in [2.05, 4.69) is 15.2 Å². The quantitative estimate of drug-likeness (QED) is 0.344. The summed E-state index contributed by atoms with van der Waals surface area (Å²) in [5.41, 5.74) is 0.171. The molecule has 0 aliphatic rings. The summed E-state index contributed by atoms with van der Waals surface area (Å²) in [7, 11) is 0. The van der Waals surface area contributed by atoms with Gasteiger partial charge in [-0.15, -0.1) is 0 Å². The molecule has 5 rings (SSSR count). The van der Waals surface area contributed by atoms with E-state index >= 15 is 0 Å². The van der Waals surface area contributed by atoms with Gasteiger partial charge in [0.2, 0.25) is 0 Å². The lowest BCUT2D eigenvalue weighted by Gasteiger charge is -2.29. The lowest BCUT2D eigenvalue weighted by molar-refractivity contribution is -0.00740. The van der Waals surface area contributed by atoms with E-state index in [1.807, 2.05) is 6.07 Å². The molecule has 0 bridgehead atoms. The average Bonchev–Trinajstić information content (AvgIpc) is 3.46. The van der Waals surface area contributed by atoms with Crippen molar-refractivity contribution in [2.45, 2.75) is 32.2 Å². The molecule has 0 aliphatic heterocycles. The molecule has 1 atom stereocenters. The van der Waals surface area contributed by atoms with Gasteiger partial charge in [0, 0.05) is 11.6 Å². The molecule has 184 valence electrons. The fourth-order valence-electron chi connectivity index (χ4n) is 4.28. The summed E-state index contributed by atoms with van der Waals surface area (Å²) in [5, 5.41) is 21.1. The van der Waals surface area contributed by atoms with E-state index in [-0.39, 0.29) is 31.1 Å². The second kappa shape index (κ2) is 9.46. The van der Waals surface area contributed by atoms with Crippen molar-refractivity contribution in [3.63, 3.8) is 0 Å². The standard InChI is InChI=1S/C26H22F3N5O2/c1-17-25-23(3-2-4-24(25)36-12-18-5-7-19(27)8-6-18)34(32-17)14-26(35,13-33-16-30-15-31-33)21-10-9-20(28)11-22(21)29/h2-11,15-16,35H,12-14H2,1H3. The number of benzene rings is 3. The van der Waals surface area contributed by atoms with Gasteiger partial charge >= 0.3 is 0 Å². The van der Waals surface area contributed by atoms with Crippen molar-refractivity contribution in [2.75, 3.05) is 0 Å². The Morgan fingerprint density at radius 3 is 2.47 bits per heavy atom. The Morgan fingerprint density at radius 1 is 0.972 bits per heavy atom. The van der Waals surface area contributed by atoms with Crippen LogP contribution in [0.5, 0.6) is 5.75 Å². The molecule has 2 heterocycles. The van der Waals surface area contributed by atoms with Crippen LogP contribution in [0.2, 0.25) is 0 Å². The first kappa shape index (κ1) is 23.6. The minimum Gasteiger partial charge on any atom is -0.488 e. The molecule has 36 heavy (non-hydrogen) atoms. The monoisotopic (exact) mass is 493 g/mol. The Labute approximate surface area is 204 Å². The normalized spacial score (nSPS) is 13.1. The van der Waals surface area contributed by atoms with Gasteiger partial charge in [-0.05, 0) is 42.8 Å². The largest absolute Gasteiger partial charge is 0.488 e. The van der Waals surface area contributed by atoms with Crippen LogP contribution in [0.1, 0.15) is 16.8 Å². The van der Waals surface area contributed by atoms with Crippen molar-refractivity contribution in [1.29, 1.82) is 0 Å². The molecule has 7 nitrogen and oxygen atoms in total. The predicted octanol–water partition coefficient (Wildman–Crippen LogP) is 4.52. The topological polar surface area (TPSA) is 78.0 Å². The van der Waals surface area contributed by atoms with Crippen LogP contribution in [0.15, 0.2) is 73.3 Å². The van der Waals surface area contributed by atoms with Crippen LogP contribution >= 0.6 is 0 Å². The first-order valence-electron chi connectivity index (χ1n) is 11.2. The summed E-state index contributed by atoms with van der Waals surface area (Å²) in [6, 6.07) is 14.5. The molecular formula is C26H22F3N5O2. The molecule has 0 aliphatic carbocycles. The molecule has 3 aromatic carbocycles. The molecule has 0 saturated heterocycles. The van der Waals surface area contributed by atoms with Gasteiger partial charge in [0.15, 0.2) is 0 Å². The predicted molar refractivity (Wildman–Crippen MR) is 125 cm³/mol. The Morgan fingerprint density at radius 2 is 1.75 bits per heavy atom. The van der Waals surface area contributed by atoms with Crippen molar-refractivity contribution < 1.29 is 23.0 Å². The number of aliphatic hydroxyl groups is 1. The van der Waals surface area contributed by atoms with Crippen LogP contribution in [-0.4, -0.2) is 29.7 Å². The van der Waals surface area contributed by atoms with E-state index in [0.717, 1.165) is 23.1 Å². The Bertz CT molecular complexity index is 1500. The van der Waals surface area contributed by atoms with E-state index in [4.69, 9.17) is 4.74 Å². The number of aromatic nitrogens is 5. The number of halogens is 3. The first-order valence-corrected chi connectivity index (χ1v) is 11.2. The highest BCUT2D eigenvalue weighted by Gasteiger charge is 2.35. The van der Waals surface area contributed by atoms with Crippen molar-refractivity contribution >= 4 is 10.9 Å². The minimum atomic E-state index is -1.83. The fourth-order valence-corrected chi connectivity index (χ4v) is 4.28. The minimum absolute atomic E-state index is 0.0931. The summed E-state index contributed by atoms with van der Waals surface area (Å²) >= 11 is 0. The Balaban J connectivity index is 1.51. The van der Waals surface area contributed by atoms with Crippen molar-refractivity contribution in [3.8, 4) is 5.75 Å². The molecule has 0 fully saturated rings. The number of aryl methyl sites for hydroxylation is 1. The number of hydrogen-bond acceptors (Lipinski definition) is 5. The molecule has 0 spiro atoms. The van der Waals surface area contributed by atoms with Crippen molar-refractivity contribution in [3.05, 3.63) is 108 Å². The summed E-state index contributed by atoms with van der Waals surface area (Å²) < 4.78 is 50.6. The highest BCUT2D eigenvalue weighted by atomic mass is 19.1. The van der Waals surface area contributed by atoms with Crippen LogP contribution in [0.3, 0.4) is 0 Å². The third-order valence-electron chi connectivity index (χ3n) is 5.96. The highest BCUT2D eigenvalue weighted by Crippen LogP contribution is 2.33. The Hall–Kier alpha value is -4.18. The molecule has 1 N–H and O–H groups in total. The summed E-state index contributed by atoms with van der Waals surface area (Å²) in [4.78, 5) is 3.89. The van der Waals surface area contributed by atoms with Gasteiger partial charge < -0.3 is 9.84 Å². The number of fused-ring (bicyclic) bond motifs is 1. The smallest absolute Gasteiger partial charge is 0.137 e. The van der Waals surface area contributed by atoms with Gasteiger partial charge in [-0.25, -0.2) is 22.8 Å². The number of ether oxygens (including phenoxy) is 1. The number of rotatable bonds is 8. The van der Waals surface area contributed by atoms with Gasteiger partial charge in [0.05, 0.1) is 29.7 Å². The molecular weight excluding hydrogens is 471 g/mol. The number of hydrogen-bond donors (Lipinski definition) is 1. The zero-order valence-electron chi connectivity index (χ0n) is 19.3. The molecule has 0 radical (unpaired) electrons. The van der Waals surface area contributed by atoms with Gasteiger partial charge in [-0.3, -0.25) is 4.68 Å². The third kappa shape index (κ3) is 4.67. The molecule has 5 aromatic rings. The van der Waals surface area contributed by atoms with Crippen molar-refractivity contribution in [2.24, 2.45) is 0 Å². The van der Waals surface area contributed by atoms with Gasteiger partial charge in [0.1, 0.15) is 48.1 Å². The highest BCUT2D eigenvalue weighted by molar-refractivity contribution is 5.88. The maximum atomic E-state index is 14.8.